The van der Waals surface area contributed by atoms with E-state index in [0.717, 1.165) is 11.3 Å². The smallest absolute Gasteiger partial charge is 0.231 e. The van der Waals surface area contributed by atoms with Crippen LogP contribution in [0.25, 0.3) is 0 Å². The first-order chi connectivity index (χ1) is 11.9. The van der Waals surface area contributed by atoms with Gasteiger partial charge in [0.15, 0.2) is 11.5 Å². The average Bonchev–Trinajstić information content (AvgIpc) is 3.17. The first kappa shape index (κ1) is 17.3. The molecule has 3 rings (SSSR count). The Labute approximate surface area is 146 Å². The summed E-state index contributed by atoms with van der Waals surface area (Å²) in [7, 11) is 0. The minimum Gasteiger partial charge on any atom is -0.454 e. The molecule has 0 aliphatic carbocycles. The fourth-order valence-electron chi connectivity index (χ4n) is 2.91. The summed E-state index contributed by atoms with van der Waals surface area (Å²) in [5, 5.41) is 2.88. The summed E-state index contributed by atoms with van der Waals surface area (Å²) < 4.78 is 10.7. The lowest BCUT2D eigenvalue weighted by Gasteiger charge is -2.26. The maximum absolute atomic E-state index is 12.1. The molecule has 0 spiro atoms. The normalized spacial score (nSPS) is 16.5. The van der Waals surface area contributed by atoms with Crippen molar-refractivity contribution in [3.05, 3.63) is 23.8 Å². The van der Waals surface area contributed by atoms with E-state index in [1.54, 1.807) is 0 Å². The van der Waals surface area contributed by atoms with Gasteiger partial charge in [-0.3, -0.25) is 19.3 Å². The number of hydrogen-bond donors (Lipinski definition) is 1. The number of hydrogen-bond acceptors (Lipinski definition) is 5. The van der Waals surface area contributed by atoms with E-state index in [1.165, 1.54) is 4.90 Å². The molecule has 25 heavy (non-hydrogen) atoms. The van der Waals surface area contributed by atoms with E-state index < -0.39 is 0 Å². The third kappa shape index (κ3) is 3.75. The monoisotopic (exact) mass is 346 g/mol. The van der Waals surface area contributed by atoms with E-state index in [-0.39, 0.29) is 55.7 Å². The van der Waals surface area contributed by atoms with Crippen LogP contribution in [0.1, 0.15) is 38.7 Å². The first-order valence-corrected chi connectivity index (χ1v) is 8.37. The number of rotatable bonds is 6. The summed E-state index contributed by atoms with van der Waals surface area (Å²) in [5.74, 6) is 0.866. The van der Waals surface area contributed by atoms with Gasteiger partial charge in [0.25, 0.3) is 0 Å². The molecule has 1 aromatic carbocycles. The Morgan fingerprint density at radius 3 is 2.56 bits per heavy atom. The Balaban J connectivity index is 1.52. The Morgan fingerprint density at radius 2 is 1.84 bits per heavy atom. The van der Waals surface area contributed by atoms with Crippen LogP contribution < -0.4 is 14.8 Å². The Hall–Kier alpha value is -2.57. The lowest BCUT2D eigenvalue weighted by molar-refractivity contribution is -0.138. The van der Waals surface area contributed by atoms with Gasteiger partial charge in [0.05, 0.1) is 0 Å². The number of carbonyl (C=O) groups excluding carboxylic acids is 3. The molecule has 3 amide bonds. The van der Waals surface area contributed by atoms with Crippen LogP contribution in [0.3, 0.4) is 0 Å². The summed E-state index contributed by atoms with van der Waals surface area (Å²) in [6.45, 7) is 4.86. The molecule has 0 atom stereocenters. The molecule has 2 aliphatic rings. The van der Waals surface area contributed by atoms with Gasteiger partial charge in [-0.1, -0.05) is 19.9 Å². The van der Waals surface area contributed by atoms with Crippen molar-refractivity contribution < 1.29 is 23.9 Å². The van der Waals surface area contributed by atoms with Crippen LogP contribution in [0.4, 0.5) is 0 Å². The first-order valence-electron chi connectivity index (χ1n) is 8.37. The van der Waals surface area contributed by atoms with Gasteiger partial charge in [0, 0.05) is 37.8 Å². The van der Waals surface area contributed by atoms with Gasteiger partial charge in [-0.2, -0.15) is 0 Å². The molecule has 0 aromatic heterocycles. The Morgan fingerprint density at radius 1 is 1.16 bits per heavy atom. The zero-order valence-electron chi connectivity index (χ0n) is 14.5. The minimum absolute atomic E-state index is 0.120. The fraction of sp³-hybridized carbons (Fsp3) is 0.500. The maximum atomic E-state index is 12.1. The lowest BCUT2D eigenvalue weighted by atomic mass is 9.84. The molecule has 1 aromatic rings. The summed E-state index contributed by atoms with van der Waals surface area (Å²) in [4.78, 5) is 36.3. The number of ether oxygens (including phenoxy) is 2. The van der Waals surface area contributed by atoms with Crippen molar-refractivity contribution in [2.45, 2.75) is 38.5 Å². The number of nitrogens with zero attached hydrogens (tertiary/aromatic N) is 1. The molecule has 1 N–H and O–H groups in total. The molecule has 0 unspecified atom stereocenters. The minimum atomic E-state index is -0.296. The maximum Gasteiger partial charge on any atom is 0.231 e. The highest BCUT2D eigenvalue weighted by Crippen LogP contribution is 2.36. The van der Waals surface area contributed by atoms with Crippen molar-refractivity contribution in [3.8, 4) is 11.5 Å². The van der Waals surface area contributed by atoms with Gasteiger partial charge in [-0.05, 0) is 17.7 Å². The predicted octanol–water partition coefficient (Wildman–Crippen LogP) is 1.35. The fourth-order valence-corrected chi connectivity index (χ4v) is 2.91. The molecule has 2 aliphatic heterocycles. The number of imide groups is 1. The number of likely N-dealkylation sites (tertiary alicyclic amines) is 1. The summed E-state index contributed by atoms with van der Waals surface area (Å²) in [6, 6.07) is 5.75. The van der Waals surface area contributed by atoms with Crippen molar-refractivity contribution >= 4 is 17.7 Å². The summed E-state index contributed by atoms with van der Waals surface area (Å²) in [5.41, 5.74) is 0.734. The molecule has 1 fully saturated rings. The van der Waals surface area contributed by atoms with Gasteiger partial charge >= 0.3 is 0 Å². The summed E-state index contributed by atoms with van der Waals surface area (Å²) in [6.07, 6.45) is 0.615. The Bertz CT molecular complexity index is 697. The number of carbonyl (C=O) groups is 3. The predicted molar refractivity (Wildman–Crippen MR) is 89.2 cm³/mol. The van der Waals surface area contributed by atoms with Crippen molar-refractivity contribution in [1.82, 2.24) is 10.2 Å². The van der Waals surface area contributed by atoms with Crippen LogP contribution >= 0.6 is 0 Å². The molecule has 134 valence electrons. The van der Waals surface area contributed by atoms with Crippen molar-refractivity contribution in [2.75, 3.05) is 19.9 Å². The molecule has 7 heteroatoms. The third-order valence-electron chi connectivity index (χ3n) is 4.60. The zero-order valence-corrected chi connectivity index (χ0v) is 14.5. The quantitative estimate of drug-likeness (QED) is 0.786. The van der Waals surface area contributed by atoms with Crippen molar-refractivity contribution in [3.63, 3.8) is 0 Å². The molecule has 0 bridgehead atoms. The highest BCUT2D eigenvalue weighted by Gasteiger charge is 2.29. The number of nitrogens with one attached hydrogen (secondary N) is 1. The molecule has 2 heterocycles. The van der Waals surface area contributed by atoms with Gasteiger partial charge in [0.2, 0.25) is 24.5 Å². The third-order valence-corrected chi connectivity index (χ3v) is 4.60. The van der Waals surface area contributed by atoms with Crippen molar-refractivity contribution in [2.24, 2.45) is 0 Å². The van der Waals surface area contributed by atoms with Gasteiger partial charge in [-0.25, -0.2) is 0 Å². The van der Waals surface area contributed by atoms with Crippen molar-refractivity contribution in [1.29, 1.82) is 0 Å². The van der Waals surface area contributed by atoms with Crippen LogP contribution in [-0.2, 0) is 19.8 Å². The van der Waals surface area contributed by atoms with E-state index in [4.69, 9.17) is 9.47 Å². The molecular formula is C18H22N2O5. The average molecular weight is 346 g/mol. The second-order valence-electron chi connectivity index (χ2n) is 6.92. The Kier molecular flexibility index (Phi) is 4.65. The zero-order chi connectivity index (χ0) is 18.0. The molecule has 0 radical (unpaired) electrons. The van der Waals surface area contributed by atoms with Crippen LogP contribution in [-0.4, -0.2) is 42.5 Å². The van der Waals surface area contributed by atoms with Gasteiger partial charge in [0.1, 0.15) is 0 Å². The molecule has 0 saturated carbocycles. The molecule has 7 nitrogen and oxygen atoms in total. The van der Waals surface area contributed by atoms with Crippen LogP contribution in [0.15, 0.2) is 18.2 Å². The van der Waals surface area contributed by atoms with Crippen LogP contribution in [0, 0.1) is 0 Å². The molecular weight excluding hydrogens is 324 g/mol. The number of benzene rings is 1. The topological polar surface area (TPSA) is 84.9 Å². The van der Waals surface area contributed by atoms with E-state index in [9.17, 15) is 14.4 Å². The SMILES string of the molecule is CC(C)(CNC(=O)CCN1C(=O)CCC1=O)c1ccc2c(c1)OCO2. The second kappa shape index (κ2) is 6.74. The van der Waals surface area contributed by atoms with Crippen LogP contribution in [0.5, 0.6) is 11.5 Å². The highest BCUT2D eigenvalue weighted by atomic mass is 16.7. The number of fused-ring (bicyclic) bond motifs is 1. The van der Waals surface area contributed by atoms with E-state index in [0.29, 0.717) is 12.3 Å². The lowest BCUT2D eigenvalue weighted by Crippen LogP contribution is -2.39. The van der Waals surface area contributed by atoms with Gasteiger partial charge < -0.3 is 14.8 Å². The van der Waals surface area contributed by atoms with Gasteiger partial charge in [-0.15, -0.1) is 0 Å². The van der Waals surface area contributed by atoms with Crippen LogP contribution in [0.2, 0.25) is 0 Å². The molecule has 1 saturated heterocycles. The number of amides is 3. The highest BCUT2D eigenvalue weighted by molar-refractivity contribution is 6.02. The summed E-state index contributed by atoms with van der Waals surface area (Å²) >= 11 is 0. The second-order valence-corrected chi connectivity index (χ2v) is 6.92. The standard InChI is InChI=1S/C18H22N2O5/c1-18(2,12-3-4-13-14(9-12)25-11-24-13)10-19-15(21)7-8-20-16(22)5-6-17(20)23/h3-4,9H,5-8,10-11H2,1-2H3,(H,19,21). The largest absolute Gasteiger partial charge is 0.454 e. The van der Waals surface area contributed by atoms with E-state index >= 15 is 0 Å². The van der Waals surface area contributed by atoms with E-state index in [2.05, 4.69) is 5.32 Å². The van der Waals surface area contributed by atoms with E-state index in [1.807, 2.05) is 32.0 Å².